The minimum absolute atomic E-state index is 0.00875. The molecule has 4 rings (SSSR count). The Balaban J connectivity index is 0.000000198. The van der Waals surface area contributed by atoms with Gasteiger partial charge in [-0.05, 0) is 70.9 Å². The number of aromatic nitrogens is 2. The van der Waals surface area contributed by atoms with Gasteiger partial charge < -0.3 is 4.74 Å². The van der Waals surface area contributed by atoms with E-state index in [9.17, 15) is 9.59 Å². The quantitative estimate of drug-likeness (QED) is 0.307. The maximum absolute atomic E-state index is 12.1. The molecule has 0 saturated heterocycles. The number of esters is 1. The van der Waals surface area contributed by atoms with Crippen LogP contribution in [0.5, 0.6) is 0 Å². The first-order valence-corrected chi connectivity index (χ1v) is 13.4. The highest BCUT2D eigenvalue weighted by Crippen LogP contribution is 2.27. The number of carbonyl (C=O) groups is 1. The van der Waals surface area contributed by atoms with Gasteiger partial charge in [0.25, 0.3) is 5.56 Å². The SMILES string of the molecule is CCc1c(Br)c(=O)n(-c2ccccc2)n1C.COC(=O)c1ccc(CCCC2CCCCC2)cc1. The average Bonchev–Trinajstić information content (AvgIpc) is 3.12. The fourth-order valence-corrected chi connectivity index (χ4v) is 5.56. The molecule has 3 aromatic rings. The predicted molar refractivity (Wildman–Crippen MR) is 145 cm³/mol. The zero-order chi connectivity index (χ0) is 25.2. The molecule has 1 saturated carbocycles. The molecular formula is C29H37BrN2O3. The summed E-state index contributed by atoms with van der Waals surface area (Å²) >= 11 is 3.36. The van der Waals surface area contributed by atoms with Crippen LogP contribution in [0.1, 0.15) is 73.5 Å². The second kappa shape index (κ2) is 13.5. The van der Waals surface area contributed by atoms with Gasteiger partial charge in [0.15, 0.2) is 0 Å². The molecule has 1 aliphatic carbocycles. The maximum atomic E-state index is 12.1. The molecule has 0 bridgehead atoms. The van der Waals surface area contributed by atoms with Crippen molar-refractivity contribution >= 4 is 21.9 Å². The summed E-state index contributed by atoms with van der Waals surface area (Å²) in [6, 6.07) is 17.5. The van der Waals surface area contributed by atoms with E-state index in [-0.39, 0.29) is 11.5 Å². The molecule has 1 fully saturated rings. The zero-order valence-electron chi connectivity index (χ0n) is 21.1. The molecule has 6 heteroatoms. The van der Waals surface area contributed by atoms with Crippen LogP contribution in [-0.4, -0.2) is 22.4 Å². The molecular weight excluding hydrogens is 504 g/mol. The van der Waals surface area contributed by atoms with Crippen LogP contribution in [0.15, 0.2) is 63.9 Å². The third-order valence-electron chi connectivity index (χ3n) is 6.84. The molecule has 0 amide bonds. The van der Waals surface area contributed by atoms with Gasteiger partial charge in [0, 0.05) is 7.05 Å². The molecule has 0 spiro atoms. The van der Waals surface area contributed by atoms with Crippen LogP contribution >= 0.6 is 15.9 Å². The largest absolute Gasteiger partial charge is 0.465 e. The Hall–Kier alpha value is -2.60. The summed E-state index contributed by atoms with van der Waals surface area (Å²) < 4.78 is 8.91. The van der Waals surface area contributed by atoms with Gasteiger partial charge in [0.05, 0.1) is 24.1 Å². The van der Waals surface area contributed by atoms with Gasteiger partial charge in [-0.2, -0.15) is 0 Å². The van der Waals surface area contributed by atoms with Gasteiger partial charge in [-0.25, -0.2) is 9.48 Å². The number of methoxy groups -OCH3 is 1. The first kappa shape index (κ1) is 27.0. The number of nitrogens with zero attached hydrogens (tertiary/aromatic N) is 2. The van der Waals surface area contributed by atoms with E-state index < -0.39 is 0 Å². The lowest BCUT2D eigenvalue weighted by molar-refractivity contribution is 0.0600. The van der Waals surface area contributed by atoms with E-state index in [4.69, 9.17) is 4.74 Å². The summed E-state index contributed by atoms with van der Waals surface area (Å²) in [6.45, 7) is 2.04. The number of benzene rings is 2. The first-order valence-electron chi connectivity index (χ1n) is 12.6. The van der Waals surface area contributed by atoms with Gasteiger partial charge in [-0.3, -0.25) is 9.48 Å². The summed E-state index contributed by atoms with van der Waals surface area (Å²) in [6.07, 6.45) is 11.7. The minimum Gasteiger partial charge on any atom is -0.465 e. The van der Waals surface area contributed by atoms with Gasteiger partial charge in [0.1, 0.15) is 4.47 Å². The van der Waals surface area contributed by atoms with Gasteiger partial charge in [0.2, 0.25) is 0 Å². The minimum atomic E-state index is -0.256. The van der Waals surface area contributed by atoms with Crippen LogP contribution < -0.4 is 5.56 Å². The number of para-hydroxylation sites is 1. The molecule has 0 radical (unpaired) electrons. The number of rotatable bonds is 7. The summed E-state index contributed by atoms with van der Waals surface area (Å²) in [4.78, 5) is 23.4. The molecule has 35 heavy (non-hydrogen) atoms. The Bertz CT molecular complexity index is 1130. The van der Waals surface area contributed by atoms with Crippen molar-refractivity contribution < 1.29 is 9.53 Å². The van der Waals surface area contributed by atoms with Crippen molar-refractivity contribution in [2.75, 3.05) is 7.11 Å². The lowest BCUT2D eigenvalue weighted by atomic mass is 9.85. The van der Waals surface area contributed by atoms with Crippen molar-refractivity contribution in [1.29, 1.82) is 0 Å². The molecule has 1 aromatic heterocycles. The highest BCUT2D eigenvalue weighted by molar-refractivity contribution is 9.10. The first-order chi connectivity index (χ1) is 17.0. The van der Waals surface area contributed by atoms with Crippen molar-refractivity contribution in [3.05, 3.63) is 86.2 Å². The molecule has 0 atom stereocenters. The average molecular weight is 542 g/mol. The third-order valence-corrected chi connectivity index (χ3v) is 7.63. The van der Waals surface area contributed by atoms with Gasteiger partial charge in [-0.15, -0.1) is 0 Å². The van der Waals surface area contributed by atoms with Crippen LogP contribution in [0, 0.1) is 5.92 Å². The fourth-order valence-electron chi connectivity index (χ4n) is 4.86. The zero-order valence-corrected chi connectivity index (χ0v) is 22.7. The lowest BCUT2D eigenvalue weighted by Crippen LogP contribution is -2.19. The summed E-state index contributed by atoms with van der Waals surface area (Å²) in [7, 11) is 3.32. The number of hydrogen-bond acceptors (Lipinski definition) is 3. The second-order valence-corrected chi connectivity index (χ2v) is 9.97. The smallest absolute Gasteiger partial charge is 0.337 e. The molecule has 0 aliphatic heterocycles. The number of halogens is 1. The van der Waals surface area contributed by atoms with Gasteiger partial charge >= 0.3 is 5.97 Å². The van der Waals surface area contributed by atoms with Crippen LogP contribution in [0.3, 0.4) is 0 Å². The number of hydrogen-bond donors (Lipinski definition) is 0. The third kappa shape index (κ3) is 7.20. The molecule has 188 valence electrons. The normalized spacial score (nSPS) is 13.7. The van der Waals surface area contributed by atoms with Crippen LogP contribution in [-0.2, 0) is 24.6 Å². The van der Waals surface area contributed by atoms with Crippen LogP contribution in [0.4, 0.5) is 0 Å². The highest BCUT2D eigenvalue weighted by Gasteiger charge is 2.15. The van der Waals surface area contributed by atoms with E-state index in [0.29, 0.717) is 10.0 Å². The molecule has 1 heterocycles. The Morgan fingerprint density at radius 1 is 1.03 bits per heavy atom. The molecule has 0 N–H and O–H groups in total. The van der Waals surface area contributed by atoms with E-state index in [0.717, 1.165) is 30.1 Å². The summed E-state index contributed by atoms with van der Waals surface area (Å²) in [5.74, 6) is 0.705. The van der Waals surface area contributed by atoms with E-state index in [1.54, 1.807) is 4.68 Å². The lowest BCUT2D eigenvalue weighted by Gasteiger charge is -2.21. The monoisotopic (exact) mass is 540 g/mol. The standard InChI is InChI=1S/C17H24O2.C12H13BrN2O/c1-19-17(18)16-12-10-15(11-13-16)9-5-8-14-6-3-2-4-7-14;1-3-10-11(13)12(16)15(14(10)2)9-7-5-4-6-8-9/h10-14H,2-9H2,1H3;4-8H,3H2,1-2H3. The van der Waals surface area contributed by atoms with Crippen LogP contribution in [0.25, 0.3) is 5.69 Å². The van der Waals surface area contributed by atoms with Crippen molar-refractivity contribution in [1.82, 2.24) is 9.36 Å². The van der Waals surface area contributed by atoms with E-state index in [1.807, 2.05) is 73.3 Å². The summed E-state index contributed by atoms with van der Waals surface area (Å²) in [5.41, 5.74) is 3.84. The van der Waals surface area contributed by atoms with Crippen LogP contribution in [0.2, 0.25) is 0 Å². The Labute approximate surface area is 217 Å². The second-order valence-electron chi connectivity index (χ2n) is 9.18. The summed E-state index contributed by atoms with van der Waals surface area (Å²) in [5, 5.41) is 0. The van der Waals surface area contributed by atoms with Crippen molar-refractivity contribution in [2.24, 2.45) is 13.0 Å². The molecule has 2 aromatic carbocycles. The highest BCUT2D eigenvalue weighted by atomic mass is 79.9. The maximum Gasteiger partial charge on any atom is 0.337 e. The molecule has 5 nitrogen and oxygen atoms in total. The Morgan fingerprint density at radius 2 is 1.69 bits per heavy atom. The van der Waals surface area contributed by atoms with Crippen molar-refractivity contribution in [3.8, 4) is 5.69 Å². The number of carbonyl (C=O) groups excluding carboxylic acids is 1. The number of ether oxygens (including phenoxy) is 1. The van der Waals surface area contributed by atoms with E-state index in [2.05, 4.69) is 15.9 Å². The number of aryl methyl sites for hydroxylation is 1. The molecule has 0 unspecified atom stereocenters. The Morgan fingerprint density at radius 3 is 2.26 bits per heavy atom. The Kier molecular flexibility index (Phi) is 10.4. The topological polar surface area (TPSA) is 53.2 Å². The van der Waals surface area contributed by atoms with Gasteiger partial charge in [-0.1, -0.05) is 75.8 Å². The predicted octanol–water partition coefficient (Wildman–Crippen LogP) is 6.88. The van der Waals surface area contributed by atoms with Crippen molar-refractivity contribution in [3.63, 3.8) is 0 Å². The van der Waals surface area contributed by atoms with E-state index in [1.165, 1.54) is 57.6 Å². The van der Waals surface area contributed by atoms with E-state index >= 15 is 0 Å². The van der Waals surface area contributed by atoms with Crippen molar-refractivity contribution in [2.45, 2.75) is 64.7 Å². The fraction of sp³-hybridized carbons (Fsp3) is 0.448. The molecule has 1 aliphatic rings.